The third-order valence-corrected chi connectivity index (χ3v) is 4.92. The zero-order valence-electron chi connectivity index (χ0n) is 14.2. The Morgan fingerprint density at radius 1 is 0.960 bits per heavy atom. The summed E-state index contributed by atoms with van der Waals surface area (Å²) in [6.45, 7) is 2.28. The van der Waals surface area contributed by atoms with Crippen LogP contribution < -0.4 is 10.1 Å². The number of nitrogens with zero attached hydrogens (tertiary/aromatic N) is 2. The molecule has 0 spiro atoms. The molecule has 3 aromatic rings. The number of para-hydroxylation sites is 1. The molecule has 3 unspecified atom stereocenters. The van der Waals surface area contributed by atoms with Crippen LogP contribution in [0, 0.1) is 5.92 Å². The van der Waals surface area contributed by atoms with Gasteiger partial charge in [-0.1, -0.05) is 55.5 Å². The lowest BCUT2D eigenvalue weighted by molar-refractivity contribution is 0.244. The van der Waals surface area contributed by atoms with Gasteiger partial charge in [0.05, 0.1) is 0 Å². The molecular formula is C21H21N3O. The molecule has 1 N–H and O–H groups in total. The van der Waals surface area contributed by atoms with Gasteiger partial charge < -0.3 is 10.1 Å². The number of hydrogen-bond donors (Lipinski definition) is 1. The monoisotopic (exact) mass is 331 g/mol. The molecule has 25 heavy (non-hydrogen) atoms. The van der Waals surface area contributed by atoms with Crippen molar-refractivity contribution in [2.24, 2.45) is 5.92 Å². The largest absolute Gasteiger partial charge is 0.439 e. The van der Waals surface area contributed by atoms with Crippen molar-refractivity contribution < 1.29 is 4.74 Å². The van der Waals surface area contributed by atoms with E-state index >= 15 is 0 Å². The summed E-state index contributed by atoms with van der Waals surface area (Å²) in [6.07, 6.45) is 2.82. The normalized spacial score (nSPS) is 22.0. The first-order valence-electron chi connectivity index (χ1n) is 8.67. The molecule has 1 heterocycles. The highest BCUT2D eigenvalue weighted by Gasteiger charge is 2.38. The Bertz CT molecular complexity index is 823. The van der Waals surface area contributed by atoms with Crippen molar-refractivity contribution in [1.29, 1.82) is 0 Å². The van der Waals surface area contributed by atoms with E-state index in [0.717, 1.165) is 12.2 Å². The van der Waals surface area contributed by atoms with Crippen molar-refractivity contribution >= 4 is 5.95 Å². The van der Waals surface area contributed by atoms with E-state index in [2.05, 4.69) is 52.5 Å². The van der Waals surface area contributed by atoms with E-state index in [1.807, 2.05) is 30.3 Å². The van der Waals surface area contributed by atoms with E-state index in [1.54, 1.807) is 12.3 Å². The van der Waals surface area contributed by atoms with Crippen LogP contribution in [0.5, 0.6) is 11.6 Å². The molecule has 1 saturated carbocycles. The minimum absolute atomic E-state index is 0.386. The zero-order chi connectivity index (χ0) is 17.1. The molecule has 1 aromatic heterocycles. The van der Waals surface area contributed by atoms with Crippen LogP contribution >= 0.6 is 0 Å². The van der Waals surface area contributed by atoms with Crippen LogP contribution in [-0.4, -0.2) is 16.0 Å². The number of benzene rings is 2. The van der Waals surface area contributed by atoms with Gasteiger partial charge in [0, 0.05) is 18.3 Å². The number of aromatic nitrogens is 2. The lowest BCUT2D eigenvalue weighted by Crippen LogP contribution is -2.43. The smallest absolute Gasteiger partial charge is 0.226 e. The van der Waals surface area contributed by atoms with Gasteiger partial charge in [-0.05, 0) is 36.0 Å². The summed E-state index contributed by atoms with van der Waals surface area (Å²) in [6, 6.07) is 22.5. The van der Waals surface area contributed by atoms with Crippen LogP contribution in [0.3, 0.4) is 0 Å². The highest BCUT2D eigenvalue weighted by molar-refractivity contribution is 5.35. The second kappa shape index (κ2) is 6.93. The average Bonchev–Trinajstić information content (AvgIpc) is 2.66. The molecule has 1 aliphatic carbocycles. The molecule has 4 heteroatoms. The Morgan fingerprint density at radius 3 is 2.40 bits per heavy atom. The first kappa shape index (κ1) is 15.6. The third-order valence-electron chi connectivity index (χ3n) is 4.92. The fourth-order valence-corrected chi connectivity index (χ4v) is 3.36. The van der Waals surface area contributed by atoms with Crippen LogP contribution in [0.2, 0.25) is 0 Å². The predicted octanol–water partition coefficient (Wildman–Crippen LogP) is 4.87. The van der Waals surface area contributed by atoms with Crippen LogP contribution in [-0.2, 0) is 0 Å². The summed E-state index contributed by atoms with van der Waals surface area (Å²) >= 11 is 0. The summed E-state index contributed by atoms with van der Waals surface area (Å²) in [5, 5.41) is 3.45. The standard InChI is InChI=1S/C21H21N3O/c1-15-18(16-8-4-2-5-9-16)14-19(15)23-21-22-13-12-20(24-21)25-17-10-6-3-7-11-17/h2-13,15,18-19H,14H2,1H3,(H,22,23,24). The van der Waals surface area contributed by atoms with E-state index in [0.29, 0.717) is 29.7 Å². The summed E-state index contributed by atoms with van der Waals surface area (Å²) in [7, 11) is 0. The highest BCUT2D eigenvalue weighted by atomic mass is 16.5. The molecule has 4 rings (SSSR count). The predicted molar refractivity (Wildman–Crippen MR) is 98.9 cm³/mol. The maximum Gasteiger partial charge on any atom is 0.226 e. The maximum absolute atomic E-state index is 5.78. The molecule has 126 valence electrons. The van der Waals surface area contributed by atoms with Crippen LogP contribution in [0.1, 0.15) is 24.8 Å². The molecule has 2 aromatic carbocycles. The molecular weight excluding hydrogens is 310 g/mol. The van der Waals surface area contributed by atoms with Gasteiger partial charge in [-0.2, -0.15) is 4.98 Å². The van der Waals surface area contributed by atoms with E-state index in [1.165, 1.54) is 5.56 Å². The Hall–Kier alpha value is -2.88. The van der Waals surface area contributed by atoms with Gasteiger partial charge in [0.1, 0.15) is 5.75 Å². The molecule has 0 aliphatic heterocycles. The van der Waals surface area contributed by atoms with E-state index in [-0.39, 0.29) is 0 Å². The summed E-state index contributed by atoms with van der Waals surface area (Å²) in [5.41, 5.74) is 1.41. The fourth-order valence-electron chi connectivity index (χ4n) is 3.36. The van der Waals surface area contributed by atoms with Crippen molar-refractivity contribution in [3.8, 4) is 11.6 Å². The average molecular weight is 331 g/mol. The first-order valence-corrected chi connectivity index (χ1v) is 8.67. The first-order chi connectivity index (χ1) is 12.3. The van der Waals surface area contributed by atoms with Crippen molar-refractivity contribution in [3.63, 3.8) is 0 Å². The molecule has 1 fully saturated rings. The van der Waals surface area contributed by atoms with Gasteiger partial charge in [0.2, 0.25) is 11.8 Å². The number of nitrogens with one attached hydrogen (secondary N) is 1. The minimum Gasteiger partial charge on any atom is -0.439 e. The van der Waals surface area contributed by atoms with Gasteiger partial charge in [-0.25, -0.2) is 4.98 Å². The Kier molecular flexibility index (Phi) is 4.34. The van der Waals surface area contributed by atoms with E-state index in [9.17, 15) is 0 Å². The number of anilines is 1. The quantitative estimate of drug-likeness (QED) is 0.724. The lowest BCUT2D eigenvalue weighted by Gasteiger charge is -2.43. The zero-order valence-corrected chi connectivity index (χ0v) is 14.2. The van der Waals surface area contributed by atoms with Crippen molar-refractivity contribution in [3.05, 3.63) is 78.5 Å². The number of rotatable bonds is 5. The maximum atomic E-state index is 5.78. The van der Waals surface area contributed by atoms with Crippen LogP contribution in [0.25, 0.3) is 0 Å². The number of hydrogen-bond acceptors (Lipinski definition) is 4. The molecule has 4 nitrogen and oxygen atoms in total. The van der Waals surface area contributed by atoms with Crippen molar-refractivity contribution in [1.82, 2.24) is 9.97 Å². The Morgan fingerprint density at radius 2 is 1.68 bits per heavy atom. The topological polar surface area (TPSA) is 47.0 Å². The molecule has 3 atom stereocenters. The second-order valence-corrected chi connectivity index (χ2v) is 6.50. The van der Waals surface area contributed by atoms with Gasteiger partial charge in [0.25, 0.3) is 0 Å². The van der Waals surface area contributed by atoms with Gasteiger partial charge in [-0.3, -0.25) is 0 Å². The van der Waals surface area contributed by atoms with Crippen molar-refractivity contribution in [2.45, 2.75) is 25.3 Å². The fraction of sp³-hybridized carbons (Fsp3) is 0.238. The molecule has 0 saturated heterocycles. The molecule has 0 amide bonds. The lowest BCUT2D eigenvalue weighted by atomic mass is 9.67. The van der Waals surface area contributed by atoms with Crippen LogP contribution in [0.4, 0.5) is 5.95 Å². The number of ether oxygens (including phenoxy) is 1. The van der Waals surface area contributed by atoms with E-state index in [4.69, 9.17) is 4.74 Å². The van der Waals surface area contributed by atoms with Gasteiger partial charge in [-0.15, -0.1) is 0 Å². The summed E-state index contributed by atoms with van der Waals surface area (Å²) in [4.78, 5) is 8.81. The minimum atomic E-state index is 0.386. The van der Waals surface area contributed by atoms with Crippen LogP contribution in [0.15, 0.2) is 72.9 Å². The third kappa shape index (κ3) is 3.48. The Balaban J connectivity index is 1.40. The Labute approximate surface area is 147 Å². The SMILES string of the molecule is CC1C(Nc2nccc(Oc3ccccc3)n2)CC1c1ccccc1. The highest BCUT2D eigenvalue weighted by Crippen LogP contribution is 2.43. The molecule has 0 radical (unpaired) electrons. The van der Waals surface area contributed by atoms with E-state index < -0.39 is 0 Å². The molecule has 0 bridgehead atoms. The summed E-state index contributed by atoms with van der Waals surface area (Å²) < 4.78 is 5.78. The van der Waals surface area contributed by atoms with Gasteiger partial charge >= 0.3 is 0 Å². The summed E-state index contributed by atoms with van der Waals surface area (Å²) in [5.74, 6) is 3.09. The molecule has 1 aliphatic rings. The van der Waals surface area contributed by atoms with Gasteiger partial charge in [0.15, 0.2) is 0 Å². The van der Waals surface area contributed by atoms with Crippen molar-refractivity contribution in [2.75, 3.05) is 5.32 Å². The second-order valence-electron chi connectivity index (χ2n) is 6.50.